The Morgan fingerprint density at radius 3 is 2.80 bits per heavy atom. The van der Waals surface area contributed by atoms with Crippen LogP contribution >= 0.6 is 0 Å². The molecule has 0 radical (unpaired) electrons. The van der Waals surface area contributed by atoms with E-state index >= 15 is 0 Å². The topological polar surface area (TPSA) is 53.1 Å². The van der Waals surface area contributed by atoms with Gasteiger partial charge in [0.2, 0.25) is 0 Å². The molecule has 0 aliphatic rings. The molecule has 20 heavy (non-hydrogen) atoms. The van der Waals surface area contributed by atoms with Gasteiger partial charge in [-0.2, -0.15) is 0 Å². The molecule has 0 unspecified atom stereocenters. The molecule has 2 rings (SSSR count). The minimum atomic E-state index is 0.522. The largest absolute Gasteiger partial charge is 0.492 e. The van der Waals surface area contributed by atoms with Gasteiger partial charge in [-0.15, -0.1) is 0 Å². The lowest BCUT2D eigenvalue weighted by molar-refractivity contribution is 0.328. The van der Waals surface area contributed by atoms with Crippen molar-refractivity contribution < 1.29 is 4.74 Å². The molecule has 0 saturated carbocycles. The number of nitrogens with two attached hydrogens (primary N) is 1. The summed E-state index contributed by atoms with van der Waals surface area (Å²) in [5.41, 5.74) is 7.81. The predicted molar refractivity (Wildman–Crippen MR) is 81.4 cm³/mol. The molecule has 0 fully saturated rings. The first kappa shape index (κ1) is 14.6. The summed E-state index contributed by atoms with van der Waals surface area (Å²) >= 11 is 0. The number of benzene rings is 1. The maximum atomic E-state index is 5.59. The summed E-state index contributed by atoms with van der Waals surface area (Å²) in [5, 5.41) is 0. The van der Waals surface area contributed by atoms with E-state index in [4.69, 9.17) is 10.5 Å². The number of ether oxygens (including phenoxy) is 1. The molecule has 0 spiro atoms. The number of rotatable bonds is 7. The molecule has 0 atom stereocenters. The van der Waals surface area contributed by atoms with Gasteiger partial charge in [-0.25, -0.2) is 4.98 Å². The van der Waals surface area contributed by atoms with Crippen LogP contribution in [0.25, 0.3) is 5.69 Å². The summed E-state index contributed by atoms with van der Waals surface area (Å²) in [6, 6.07) is 8.05. The second-order valence-corrected chi connectivity index (χ2v) is 4.84. The Kier molecular flexibility index (Phi) is 5.18. The molecule has 4 nitrogen and oxygen atoms in total. The molecular weight excluding hydrogens is 250 g/mol. The van der Waals surface area contributed by atoms with Crippen LogP contribution in [0.1, 0.15) is 38.3 Å². The lowest BCUT2D eigenvalue weighted by Crippen LogP contribution is -2.11. The highest BCUT2D eigenvalue weighted by molar-refractivity contribution is 5.41. The third-order valence-corrected chi connectivity index (χ3v) is 3.55. The van der Waals surface area contributed by atoms with Gasteiger partial charge in [0.1, 0.15) is 12.4 Å². The van der Waals surface area contributed by atoms with Crippen LogP contribution in [0.4, 0.5) is 0 Å². The van der Waals surface area contributed by atoms with Crippen LogP contribution < -0.4 is 10.5 Å². The zero-order valence-electron chi connectivity index (χ0n) is 12.2. The number of nitrogens with zero attached hydrogens (tertiary/aromatic N) is 2. The van der Waals surface area contributed by atoms with Crippen molar-refractivity contribution in [2.45, 2.75) is 32.6 Å². The summed E-state index contributed by atoms with van der Waals surface area (Å²) in [4.78, 5) is 4.31. The predicted octanol–water partition coefficient (Wildman–Crippen LogP) is 3.11. The van der Waals surface area contributed by atoms with Gasteiger partial charge in [0, 0.05) is 30.4 Å². The van der Waals surface area contributed by atoms with Gasteiger partial charge < -0.3 is 15.0 Å². The van der Waals surface area contributed by atoms with Crippen molar-refractivity contribution in [2.75, 3.05) is 13.2 Å². The van der Waals surface area contributed by atoms with E-state index in [9.17, 15) is 0 Å². The average molecular weight is 273 g/mol. The van der Waals surface area contributed by atoms with Gasteiger partial charge in [0.05, 0.1) is 12.0 Å². The van der Waals surface area contributed by atoms with Crippen LogP contribution in [-0.4, -0.2) is 22.7 Å². The molecule has 2 N–H and O–H groups in total. The maximum absolute atomic E-state index is 5.59. The molecule has 0 bridgehead atoms. The third kappa shape index (κ3) is 3.20. The van der Waals surface area contributed by atoms with Crippen molar-refractivity contribution in [2.24, 2.45) is 5.73 Å². The van der Waals surface area contributed by atoms with Gasteiger partial charge in [0.15, 0.2) is 0 Å². The lowest BCUT2D eigenvalue weighted by atomic mass is 10.00. The van der Waals surface area contributed by atoms with Gasteiger partial charge in [-0.05, 0) is 25.0 Å². The van der Waals surface area contributed by atoms with Gasteiger partial charge in [-0.3, -0.25) is 0 Å². The molecule has 0 amide bonds. The Hall–Kier alpha value is -1.81. The van der Waals surface area contributed by atoms with Gasteiger partial charge in [-0.1, -0.05) is 19.9 Å². The van der Waals surface area contributed by atoms with Crippen LogP contribution in [-0.2, 0) is 0 Å². The Morgan fingerprint density at radius 1 is 1.30 bits per heavy atom. The van der Waals surface area contributed by atoms with Gasteiger partial charge in [0.25, 0.3) is 0 Å². The smallest absolute Gasteiger partial charge is 0.121 e. The second-order valence-electron chi connectivity index (χ2n) is 4.84. The first-order chi connectivity index (χ1) is 9.80. The number of imidazole rings is 1. The van der Waals surface area contributed by atoms with Crippen molar-refractivity contribution in [3.05, 3.63) is 42.5 Å². The highest BCUT2D eigenvalue weighted by Crippen LogP contribution is 2.26. The molecule has 0 aliphatic carbocycles. The molecule has 1 aromatic heterocycles. The average Bonchev–Trinajstić information content (AvgIpc) is 2.96. The summed E-state index contributed by atoms with van der Waals surface area (Å²) in [7, 11) is 0. The fourth-order valence-electron chi connectivity index (χ4n) is 2.43. The SMILES string of the molecule is CCC(CC)c1cncn1-c1cccc(OCCN)c1. The standard InChI is InChI=1S/C16H23N3O/c1-3-13(4-2)16-11-18-12-19(16)14-6-5-7-15(10-14)20-9-8-17/h5-7,10-13H,3-4,8-9,17H2,1-2H3. The number of hydrogen-bond acceptors (Lipinski definition) is 3. The molecule has 2 aromatic rings. The molecule has 4 heteroatoms. The molecule has 1 heterocycles. The Bertz CT molecular complexity index is 532. The van der Waals surface area contributed by atoms with E-state index in [1.54, 1.807) is 0 Å². The molecule has 1 aromatic carbocycles. The number of aromatic nitrogens is 2. The summed E-state index contributed by atoms with van der Waals surface area (Å²) in [6.45, 7) is 5.49. The quantitative estimate of drug-likeness (QED) is 0.843. The van der Waals surface area contributed by atoms with Crippen molar-refractivity contribution in [1.29, 1.82) is 0 Å². The second kappa shape index (κ2) is 7.10. The van der Waals surface area contributed by atoms with Crippen molar-refractivity contribution in [1.82, 2.24) is 9.55 Å². The van der Waals surface area contributed by atoms with E-state index in [1.165, 1.54) is 5.69 Å². The van der Waals surface area contributed by atoms with E-state index in [-0.39, 0.29) is 0 Å². The van der Waals surface area contributed by atoms with Crippen molar-refractivity contribution >= 4 is 0 Å². The first-order valence-electron chi connectivity index (χ1n) is 7.25. The fraction of sp³-hybridized carbons (Fsp3) is 0.438. The highest BCUT2D eigenvalue weighted by atomic mass is 16.5. The Balaban J connectivity index is 2.30. The monoisotopic (exact) mass is 273 g/mol. The molecular formula is C16H23N3O. The van der Waals surface area contributed by atoms with Crippen LogP contribution in [0.2, 0.25) is 0 Å². The maximum Gasteiger partial charge on any atom is 0.121 e. The van der Waals surface area contributed by atoms with E-state index in [0.29, 0.717) is 19.1 Å². The van der Waals surface area contributed by atoms with Crippen LogP contribution in [0.15, 0.2) is 36.8 Å². The van der Waals surface area contributed by atoms with E-state index in [2.05, 4.69) is 29.5 Å². The zero-order chi connectivity index (χ0) is 14.4. The molecule has 0 aliphatic heterocycles. The van der Waals surface area contributed by atoms with Crippen LogP contribution in [0.3, 0.4) is 0 Å². The summed E-state index contributed by atoms with van der Waals surface area (Å²) in [6.07, 6.45) is 6.07. The lowest BCUT2D eigenvalue weighted by Gasteiger charge is -2.16. The fourth-order valence-corrected chi connectivity index (χ4v) is 2.43. The molecule has 0 saturated heterocycles. The van der Waals surface area contributed by atoms with Crippen molar-refractivity contribution in [3.8, 4) is 11.4 Å². The van der Waals surface area contributed by atoms with Crippen LogP contribution in [0, 0.1) is 0 Å². The normalized spacial score (nSPS) is 11.0. The van der Waals surface area contributed by atoms with Gasteiger partial charge >= 0.3 is 0 Å². The third-order valence-electron chi connectivity index (χ3n) is 3.55. The molecule has 108 valence electrons. The zero-order valence-corrected chi connectivity index (χ0v) is 12.2. The Labute approximate surface area is 120 Å². The minimum absolute atomic E-state index is 0.522. The summed E-state index contributed by atoms with van der Waals surface area (Å²) < 4.78 is 7.73. The summed E-state index contributed by atoms with van der Waals surface area (Å²) in [5.74, 6) is 1.38. The van der Waals surface area contributed by atoms with Crippen molar-refractivity contribution in [3.63, 3.8) is 0 Å². The highest BCUT2D eigenvalue weighted by Gasteiger charge is 2.13. The van der Waals surface area contributed by atoms with E-state index in [1.807, 2.05) is 30.7 Å². The van der Waals surface area contributed by atoms with E-state index in [0.717, 1.165) is 24.3 Å². The first-order valence-corrected chi connectivity index (χ1v) is 7.25. The van der Waals surface area contributed by atoms with Crippen LogP contribution in [0.5, 0.6) is 5.75 Å². The Morgan fingerprint density at radius 2 is 2.10 bits per heavy atom. The number of hydrogen-bond donors (Lipinski definition) is 1. The van der Waals surface area contributed by atoms with E-state index < -0.39 is 0 Å². The minimum Gasteiger partial charge on any atom is -0.492 e.